The summed E-state index contributed by atoms with van der Waals surface area (Å²) in [6, 6.07) is 8.87. The number of hydrogen-bond acceptors (Lipinski definition) is 7. The van der Waals surface area contributed by atoms with Gasteiger partial charge in [0.2, 0.25) is 5.43 Å². The summed E-state index contributed by atoms with van der Waals surface area (Å²) in [5.41, 5.74) is 5.75. The third kappa shape index (κ3) is 4.09. The lowest BCUT2D eigenvalue weighted by molar-refractivity contribution is 0.0523. The molecule has 8 heteroatoms. The molecule has 0 saturated carbocycles. The summed E-state index contributed by atoms with van der Waals surface area (Å²) in [5, 5.41) is 2.27. The zero-order valence-corrected chi connectivity index (χ0v) is 14.9. The van der Waals surface area contributed by atoms with Crippen LogP contribution in [-0.2, 0) is 11.3 Å². The van der Waals surface area contributed by atoms with E-state index in [9.17, 15) is 9.59 Å². The summed E-state index contributed by atoms with van der Waals surface area (Å²) < 4.78 is 12.3. The normalized spacial score (nSPS) is 10.5. The Labute approximate surface area is 153 Å². The zero-order valence-electron chi connectivity index (χ0n) is 14.0. The number of carbonyl (C=O) groups excluding carboxylic acids is 1. The second kappa shape index (κ2) is 7.83. The number of aromatic nitrogens is 2. The van der Waals surface area contributed by atoms with E-state index in [0.717, 1.165) is 5.69 Å². The first kappa shape index (κ1) is 17.7. The molecular weight excluding hydrogens is 354 g/mol. The number of ether oxygens (including phenoxy) is 2. The standard InChI is InChI=1S/C18H17N3O4S/c1-2-24-17(23)14-9-21(8-12-11-26-18(19)20-12)10-15(16(14)22)25-13-6-4-3-5-7-13/h3-7,9-11H,2,8H2,1H3,(H2,19,20). The molecular formula is C18H17N3O4S. The fraction of sp³-hybridized carbons (Fsp3) is 0.167. The largest absolute Gasteiger partial charge is 0.462 e. The van der Waals surface area contributed by atoms with E-state index in [1.165, 1.54) is 23.7 Å². The minimum atomic E-state index is -0.692. The average molecular weight is 371 g/mol. The van der Waals surface area contributed by atoms with Gasteiger partial charge in [-0.05, 0) is 19.1 Å². The van der Waals surface area contributed by atoms with Gasteiger partial charge in [-0.1, -0.05) is 18.2 Å². The molecule has 2 N–H and O–H groups in total. The fourth-order valence-corrected chi connectivity index (χ4v) is 2.87. The molecule has 0 aliphatic carbocycles. The van der Waals surface area contributed by atoms with E-state index in [1.807, 2.05) is 11.4 Å². The summed E-state index contributed by atoms with van der Waals surface area (Å²) in [6.07, 6.45) is 2.97. The van der Waals surface area contributed by atoms with Crippen LogP contribution in [0, 0.1) is 0 Å². The maximum absolute atomic E-state index is 12.6. The molecule has 2 heterocycles. The number of hydrogen-bond donors (Lipinski definition) is 1. The van der Waals surface area contributed by atoms with Crippen LogP contribution in [0.3, 0.4) is 0 Å². The Kier molecular flexibility index (Phi) is 5.33. The number of anilines is 1. The van der Waals surface area contributed by atoms with Crippen LogP contribution in [0.25, 0.3) is 0 Å². The Morgan fingerprint density at radius 2 is 2.04 bits per heavy atom. The van der Waals surface area contributed by atoms with Crippen LogP contribution in [0.5, 0.6) is 11.5 Å². The van der Waals surface area contributed by atoms with Gasteiger partial charge in [-0.3, -0.25) is 4.79 Å². The average Bonchev–Trinajstić information content (AvgIpc) is 3.03. The van der Waals surface area contributed by atoms with Crippen molar-refractivity contribution in [2.45, 2.75) is 13.5 Å². The summed E-state index contributed by atoms with van der Waals surface area (Å²) in [5.74, 6) is -0.164. The number of benzene rings is 1. The number of rotatable bonds is 6. The lowest BCUT2D eigenvalue weighted by atomic mass is 10.2. The summed E-state index contributed by atoms with van der Waals surface area (Å²) in [4.78, 5) is 29.0. The molecule has 0 radical (unpaired) electrons. The number of carbonyl (C=O) groups is 1. The van der Waals surface area contributed by atoms with Crippen LogP contribution in [-0.4, -0.2) is 22.1 Å². The first-order valence-electron chi connectivity index (χ1n) is 7.91. The minimum Gasteiger partial charge on any atom is -0.462 e. The van der Waals surface area contributed by atoms with E-state index in [4.69, 9.17) is 15.2 Å². The molecule has 134 valence electrons. The van der Waals surface area contributed by atoms with Gasteiger partial charge >= 0.3 is 5.97 Å². The van der Waals surface area contributed by atoms with Crippen molar-refractivity contribution < 1.29 is 14.3 Å². The van der Waals surface area contributed by atoms with Crippen LogP contribution in [0.1, 0.15) is 23.0 Å². The van der Waals surface area contributed by atoms with Gasteiger partial charge in [0.15, 0.2) is 10.9 Å². The third-order valence-corrected chi connectivity index (χ3v) is 4.15. The minimum absolute atomic E-state index is 0.0324. The molecule has 3 rings (SSSR count). The molecule has 0 aliphatic rings. The second-order valence-corrected chi connectivity index (χ2v) is 6.24. The third-order valence-electron chi connectivity index (χ3n) is 3.43. The highest BCUT2D eigenvalue weighted by Gasteiger charge is 2.18. The molecule has 7 nitrogen and oxygen atoms in total. The highest BCUT2D eigenvalue weighted by Crippen LogP contribution is 2.19. The number of esters is 1. The lowest BCUT2D eigenvalue weighted by Crippen LogP contribution is -2.21. The molecule has 3 aromatic rings. The van der Waals surface area contributed by atoms with E-state index in [2.05, 4.69) is 4.98 Å². The van der Waals surface area contributed by atoms with Crippen molar-refractivity contribution in [2.75, 3.05) is 12.3 Å². The van der Waals surface area contributed by atoms with Crippen LogP contribution in [0.15, 0.2) is 52.9 Å². The lowest BCUT2D eigenvalue weighted by Gasteiger charge is -2.11. The van der Waals surface area contributed by atoms with E-state index >= 15 is 0 Å². The predicted molar refractivity (Wildman–Crippen MR) is 98.8 cm³/mol. The van der Waals surface area contributed by atoms with Gasteiger partial charge in [0, 0.05) is 11.6 Å². The van der Waals surface area contributed by atoms with Crippen molar-refractivity contribution in [2.24, 2.45) is 0 Å². The number of nitrogens with two attached hydrogens (primary N) is 1. The Morgan fingerprint density at radius 1 is 1.27 bits per heavy atom. The van der Waals surface area contributed by atoms with Gasteiger partial charge in [0.05, 0.1) is 25.0 Å². The van der Waals surface area contributed by atoms with Gasteiger partial charge in [-0.25, -0.2) is 9.78 Å². The van der Waals surface area contributed by atoms with Crippen molar-refractivity contribution in [1.29, 1.82) is 0 Å². The SMILES string of the molecule is CCOC(=O)c1cn(Cc2csc(N)n2)cc(Oc2ccccc2)c1=O. The molecule has 0 fully saturated rings. The summed E-state index contributed by atoms with van der Waals surface area (Å²) >= 11 is 1.32. The van der Waals surface area contributed by atoms with E-state index in [0.29, 0.717) is 17.4 Å². The molecule has 0 unspecified atom stereocenters. The van der Waals surface area contributed by atoms with Crippen molar-refractivity contribution in [3.63, 3.8) is 0 Å². The highest BCUT2D eigenvalue weighted by atomic mass is 32.1. The number of para-hydroxylation sites is 1. The van der Waals surface area contributed by atoms with Crippen LogP contribution >= 0.6 is 11.3 Å². The molecule has 2 aromatic heterocycles. The highest BCUT2D eigenvalue weighted by molar-refractivity contribution is 7.13. The van der Waals surface area contributed by atoms with Crippen LogP contribution in [0.4, 0.5) is 5.13 Å². The number of nitrogen functional groups attached to an aromatic ring is 1. The smallest absolute Gasteiger partial charge is 0.343 e. The second-order valence-electron chi connectivity index (χ2n) is 5.35. The number of nitrogens with zero attached hydrogens (tertiary/aromatic N) is 2. The first-order chi connectivity index (χ1) is 12.6. The molecule has 1 aromatic carbocycles. The Morgan fingerprint density at radius 3 is 2.69 bits per heavy atom. The van der Waals surface area contributed by atoms with Gasteiger partial charge in [-0.15, -0.1) is 11.3 Å². The first-order valence-corrected chi connectivity index (χ1v) is 8.78. The van der Waals surface area contributed by atoms with E-state index < -0.39 is 11.4 Å². The molecule has 0 atom stereocenters. The molecule has 0 aliphatic heterocycles. The number of thiazole rings is 1. The molecule has 0 saturated heterocycles. The predicted octanol–water partition coefficient (Wildman–Crippen LogP) is 2.90. The Balaban J connectivity index is 2.00. The molecule has 26 heavy (non-hydrogen) atoms. The van der Waals surface area contributed by atoms with Gasteiger partial charge in [-0.2, -0.15) is 0 Å². The topological polar surface area (TPSA) is 96.4 Å². The fourth-order valence-electron chi connectivity index (χ4n) is 2.32. The van der Waals surface area contributed by atoms with E-state index in [-0.39, 0.29) is 17.9 Å². The maximum atomic E-state index is 12.6. The molecule has 0 bridgehead atoms. The summed E-state index contributed by atoms with van der Waals surface area (Å²) in [6.45, 7) is 2.19. The van der Waals surface area contributed by atoms with E-state index in [1.54, 1.807) is 35.8 Å². The van der Waals surface area contributed by atoms with Crippen molar-refractivity contribution >= 4 is 22.4 Å². The maximum Gasteiger partial charge on any atom is 0.343 e. The zero-order chi connectivity index (χ0) is 18.5. The van der Waals surface area contributed by atoms with Gasteiger partial charge < -0.3 is 19.8 Å². The van der Waals surface area contributed by atoms with Crippen molar-refractivity contribution in [3.05, 3.63) is 69.6 Å². The Hall–Kier alpha value is -3.13. The van der Waals surface area contributed by atoms with Crippen molar-refractivity contribution in [1.82, 2.24) is 9.55 Å². The van der Waals surface area contributed by atoms with Crippen molar-refractivity contribution in [3.8, 4) is 11.5 Å². The van der Waals surface area contributed by atoms with Gasteiger partial charge in [0.25, 0.3) is 0 Å². The summed E-state index contributed by atoms with van der Waals surface area (Å²) in [7, 11) is 0. The molecule has 0 spiro atoms. The number of pyridine rings is 1. The molecule has 0 amide bonds. The van der Waals surface area contributed by atoms with Gasteiger partial charge in [0.1, 0.15) is 11.3 Å². The monoisotopic (exact) mass is 371 g/mol. The van der Waals surface area contributed by atoms with Crippen LogP contribution in [0.2, 0.25) is 0 Å². The Bertz CT molecular complexity index is 966. The quantitative estimate of drug-likeness (QED) is 0.669. The van der Waals surface area contributed by atoms with Crippen LogP contribution < -0.4 is 15.9 Å².